The number of amides is 2. The Bertz CT molecular complexity index is 554. The Balaban J connectivity index is 2.13. The van der Waals surface area contributed by atoms with Gasteiger partial charge in [0.05, 0.1) is 17.4 Å². The number of carbonyl (C=O) groups is 3. The smallest absolute Gasteiger partial charge is 0.307 e. The summed E-state index contributed by atoms with van der Waals surface area (Å²) in [7, 11) is 0. The normalized spacial score (nSPS) is 25.4. The topological polar surface area (TPSA) is 109 Å². The van der Waals surface area contributed by atoms with Gasteiger partial charge in [-0.1, -0.05) is 6.92 Å². The third-order valence-electron chi connectivity index (χ3n) is 3.62. The molecule has 1 saturated carbocycles. The number of primary amides is 1. The van der Waals surface area contributed by atoms with Crippen molar-refractivity contribution in [2.45, 2.75) is 19.8 Å². The molecular weight excluding hydrogens is 280 g/mol. The van der Waals surface area contributed by atoms with Gasteiger partial charge >= 0.3 is 5.97 Å². The minimum atomic E-state index is -0.948. The number of rotatable bonds is 4. The number of nitrogens with one attached hydrogen (secondary N) is 1. The summed E-state index contributed by atoms with van der Waals surface area (Å²) in [6.45, 7) is 1.93. The van der Waals surface area contributed by atoms with Gasteiger partial charge in [-0.3, -0.25) is 14.4 Å². The second kappa shape index (κ2) is 5.62. The highest BCUT2D eigenvalue weighted by atomic mass is 32.1. The van der Waals surface area contributed by atoms with Crippen molar-refractivity contribution in [2.75, 3.05) is 5.32 Å². The van der Waals surface area contributed by atoms with Crippen LogP contribution in [0.5, 0.6) is 0 Å². The summed E-state index contributed by atoms with van der Waals surface area (Å²) in [4.78, 5) is 34.6. The molecule has 1 heterocycles. The van der Waals surface area contributed by atoms with Crippen molar-refractivity contribution >= 4 is 34.1 Å². The van der Waals surface area contributed by atoms with E-state index in [1.807, 2.05) is 6.92 Å². The molecule has 0 spiro atoms. The molecule has 4 N–H and O–H groups in total. The van der Waals surface area contributed by atoms with Gasteiger partial charge < -0.3 is 16.2 Å². The van der Waals surface area contributed by atoms with E-state index in [4.69, 9.17) is 10.8 Å². The van der Waals surface area contributed by atoms with Crippen molar-refractivity contribution < 1.29 is 19.5 Å². The van der Waals surface area contributed by atoms with Crippen LogP contribution < -0.4 is 11.1 Å². The lowest BCUT2D eigenvalue weighted by molar-refractivity contribution is -0.145. The Hall–Kier alpha value is -1.89. The third kappa shape index (κ3) is 2.82. The summed E-state index contributed by atoms with van der Waals surface area (Å²) in [5, 5.41) is 13.8. The fourth-order valence-corrected chi connectivity index (χ4v) is 3.45. The summed E-state index contributed by atoms with van der Waals surface area (Å²) in [5.41, 5.74) is 5.46. The molecular formula is C13H16N2O4S. The molecule has 7 heteroatoms. The molecule has 20 heavy (non-hydrogen) atoms. The Labute approximate surface area is 120 Å². The van der Waals surface area contributed by atoms with Gasteiger partial charge in [0.2, 0.25) is 5.91 Å². The van der Waals surface area contributed by atoms with Crippen molar-refractivity contribution in [3.8, 4) is 0 Å². The summed E-state index contributed by atoms with van der Waals surface area (Å²) < 4.78 is 0. The number of hydrogen-bond donors (Lipinski definition) is 3. The average Bonchev–Trinajstić information content (AvgIpc) is 2.95. The molecule has 0 bridgehead atoms. The highest BCUT2D eigenvalue weighted by Crippen LogP contribution is 2.37. The standard InChI is InChI=1S/C13H16N2O4S/c1-6-4-8(9(5-6)13(18)19)11(17)15-12-7(10(14)16)2-3-20-12/h2-3,6,8-9H,4-5H2,1H3,(H2,14,16)(H,15,17)(H,18,19)/t6?,8-,9+/m0/s1. The first-order valence-corrected chi connectivity index (χ1v) is 7.19. The quantitative estimate of drug-likeness (QED) is 0.782. The van der Waals surface area contributed by atoms with Crippen LogP contribution in [0.1, 0.15) is 30.1 Å². The summed E-state index contributed by atoms with van der Waals surface area (Å²) in [6.07, 6.45) is 1.04. The van der Waals surface area contributed by atoms with Crippen LogP contribution in [0, 0.1) is 17.8 Å². The van der Waals surface area contributed by atoms with E-state index in [0.29, 0.717) is 17.8 Å². The van der Waals surface area contributed by atoms with Crippen molar-refractivity contribution in [2.24, 2.45) is 23.5 Å². The van der Waals surface area contributed by atoms with E-state index in [-0.39, 0.29) is 17.4 Å². The molecule has 1 aromatic heterocycles. The van der Waals surface area contributed by atoms with Crippen LogP contribution in [0.25, 0.3) is 0 Å². The fraction of sp³-hybridized carbons (Fsp3) is 0.462. The van der Waals surface area contributed by atoms with Crippen LogP contribution >= 0.6 is 11.3 Å². The van der Waals surface area contributed by atoms with Crippen LogP contribution in [0.4, 0.5) is 5.00 Å². The molecule has 1 unspecified atom stereocenters. The molecule has 2 amide bonds. The summed E-state index contributed by atoms with van der Waals surface area (Å²) in [5.74, 6) is -2.95. The second-order valence-corrected chi connectivity index (χ2v) is 6.06. The number of nitrogens with two attached hydrogens (primary N) is 1. The maximum absolute atomic E-state index is 12.2. The third-order valence-corrected chi connectivity index (χ3v) is 4.45. The molecule has 1 fully saturated rings. The molecule has 2 rings (SSSR count). The first kappa shape index (κ1) is 14.5. The van der Waals surface area contributed by atoms with E-state index in [1.165, 1.54) is 17.4 Å². The van der Waals surface area contributed by atoms with Gasteiger partial charge in [0, 0.05) is 0 Å². The lowest BCUT2D eigenvalue weighted by Crippen LogP contribution is -2.30. The monoisotopic (exact) mass is 296 g/mol. The molecule has 108 valence electrons. The zero-order valence-corrected chi connectivity index (χ0v) is 11.8. The van der Waals surface area contributed by atoms with Crippen LogP contribution in [-0.4, -0.2) is 22.9 Å². The van der Waals surface area contributed by atoms with Crippen molar-refractivity contribution in [1.82, 2.24) is 0 Å². The first-order valence-electron chi connectivity index (χ1n) is 6.31. The molecule has 6 nitrogen and oxygen atoms in total. The predicted molar refractivity (Wildman–Crippen MR) is 74.5 cm³/mol. The summed E-state index contributed by atoms with van der Waals surface area (Å²) in [6, 6.07) is 1.54. The van der Waals surface area contributed by atoms with Crippen molar-refractivity contribution in [3.63, 3.8) is 0 Å². The minimum absolute atomic E-state index is 0.200. The maximum Gasteiger partial charge on any atom is 0.307 e. The number of anilines is 1. The largest absolute Gasteiger partial charge is 0.481 e. The Kier molecular flexibility index (Phi) is 4.08. The van der Waals surface area contributed by atoms with E-state index in [9.17, 15) is 14.4 Å². The first-order chi connectivity index (χ1) is 9.40. The molecule has 1 aliphatic carbocycles. The predicted octanol–water partition coefficient (Wildman–Crippen LogP) is 1.53. The lowest BCUT2D eigenvalue weighted by Gasteiger charge is -2.15. The molecule has 1 aromatic rings. The van der Waals surface area contributed by atoms with Crippen molar-refractivity contribution in [3.05, 3.63) is 17.0 Å². The van der Waals surface area contributed by atoms with Crippen LogP contribution in [0.3, 0.4) is 0 Å². The van der Waals surface area contributed by atoms with Gasteiger partial charge in [-0.2, -0.15) is 0 Å². The van der Waals surface area contributed by atoms with Gasteiger partial charge in [0.1, 0.15) is 5.00 Å². The molecule has 3 atom stereocenters. The lowest BCUT2D eigenvalue weighted by atomic mass is 9.95. The van der Waals surface area contributed by atoms with E-state index < -0.39 is 23.7 Å². The minimum Gasteiger partial charge on any atom is -0.481 e. The molecule has 0 aromatic carbocycles. The van der Waals surface area contributed by atoms with Crippen molar-refractivity contribution in [1.29, 1.82) is 0 Å². The fourth-order valence-electron chi connectivity index (χ4n) is 2.66. The van der Waals surface area contributed by atoms with E-state index >= 15 is 0 Å². The molecule has 0 radical (unpaired) electrons. The average molecular weight is 296 g/mol. The number of carboxylic acid groups (broad SMARTS) is 1. The number of carbonyl (C=O) groups excluding carboxylic acids is 2. The molecule has 1 aliphatic rings. The highest BCUT2D eigenvalue weighted by molar-refractivity contribution is 7.14. The van der Waals surface area contributed by atoms with Gasteiger partial charge in [-0.25, -0.2) is 0 Å². The molecule has 0 aliphatic heterocycles. The van der Waals surface area contributed by atoms with Gasteiger partial charge in [0.15, 0.2) is 0 Å². The maximum atomic E-state index is 12.2. The highest BCUT2D eigenvalue weighted by Gasteiger charge is 2.41. The number of aliphatic carboxylic acids is 1. The van der Waals surface area contributed by atoms with Gasteiger partial charge in [0.25, 0.3) is 5.91 Å². The van der Waals surface area contributed by atoms with Gasteiger partial charge in [-0.15, -0.1) is 11.3 Å². The number of thiophene rings is 1. The number of hydrogen-bond acceptors (Lipinski definition) is 4. The Morgan fingerprint density at radius 1 is 1.35 bits per heavy atom. The van der Waals surface area contributed by atoms with Crippen LogP contribution in [0.15, 0.2) is 11.4 Å². The number of carboxylic acids is 1. The van der Waals surface area contributed by atoms with Crippen LogP contribution in [-0.2, 0) is 9.59 Å². The van der Waals surface area contributed by atoms with E-state index in [2.05, 4.69) is 5.32 Å². The Morgan fingerprint density at radius 2 is 2.00 bits per heavy atom. The SMILES string of the molecule is CC1C[C@H](C(=O)Nc2sccc2C(N)=O)[C@H](C(=O)O)C1. The van der Waals surface area contributed by atoms with E-state index in [0.717, 1.165) is 0 Å². The summed E-state index contributed by atoms with van der Waals surface area (Å²) >= 11 is 1.20. The zero-order valence-electron chi connectivity index (χ0n) is 11.0. The molecule has 0 saturated heterocycles. The zero-order chi connectivity index (χ0) is 14.9. The van der Waals surface area contributed by atoms with Gasteiger partial charge in [-0.05, 0) is 30.2 Å². The van der Waals surface area contributed by atoms with E-state index in [1.54, 1.807) is 5.38 Å². The van der Waals surface area contributed by atoms with Crippen LogP contribution in [0.2, 0.25) is 0 Å². The Morgan fingerprint density at radius 3 is 2.60 bits per heavy atom. The second-order valence-electron chi connectivity index (χ2n) is 5.14.